The van der Waals surface area contributed by atoms with Crippen LogP contribution in [0.15, 0.2) is 24.5 Å². The van der Waals surface area contributed by atoms with Gasteiger partial charge in [-0.2, -0.15) is 5.26 Å². The quantitative estimate of drug-likeness (QED) is 0.848. The normalized spacial score (nSPS) is 26.9. The molecule has 3 fully saturated rings. The van der Waals surface area contributed by atoms with Crippen molar-refractivity contribution >= 4 is 16.7 Å². The molecule has 5 rings (SSSR count). The summed E-state index contributed by atoms with van der Waals surface area (Å²) in [5.41, 5.74) is 3.92. The van der Waals surface area contributed by atoms with E-state index in [1.54, 1.807) is 12.4 Å². The van der Waals surface area contributed by atoms with Crippen LogP contribution in [0.4, 0.5) is 5.69 Å². The molecule has 4 heterocycles. The Bertz CT molecular complexity index is 934. The zero-order valence-corrected chi connectivity index (χ0v) is 18.0. The van der Waals surface area contributed by atoms with Gasteiger partial charge < -0.3 is 15.1 Å². The van der Waals surface area contributed by atoms with Crippen LogP contribution in [0.2, 0.25) is 0 Å². The Labute approximate surface area is 179 Å². The molecule has 0 radical (unpaired) electrons. The summed E-state index contributed by atoms with van der Waals surface area (Å²) >= 11 is 0. The zero-order valence-electron chi connectivity index (χ0n) is 18.0. The van der Waals surface area contributed by atoms with Crippen molar-refractivity contribution in [3.8, 4) is 6.07 Å². The molecule has 0 amide bonds. The fourth-order valence-electron chi connectivity index (χ4n) is 5.86. The first-order valence-electron chi connectivity index (χ1n) is 11.5. The number of hydrogen-bond acceptors (Lipinski definition) is 6. The largest absolute Gasteiger partial charge is 0.369 e. The molecule has 6 heteroatoms. The Kier molecular flexibility index (Phi) is 5.34. The number of likely N-dealkylation sites (tertiary alicyclic amines) is 1. The Balaban J connectivity index is 1.26. The summed E-state index contributed by atoms with van der Waals surface area (Å²) in [6.45, 7) is 10.6. The Morgan fingerprint density at radius 1 is 1.07 bits per heavy atom. The van der Waals surface area contributed by atoms with Gasteiger partial charge >= 0.3 is 0 Å². The van der Waals surface area contributed by atoms with Gasteiger partial charge in [0.2, 0.25) is 0 Å². The molecule has 0 unspecified atom stereocenters. The van der Waals surface area contributed by atoms with Crippen molar-refractivity contribution < 1.29 is 0 Å². The van der Waals surface area contributed by atoms with Gasteiger partial charge in [0.05, 0.1) is 11.3 Å². The highest BCUT2D eigenvalue weighted by molar-refractivity contribution is 5.92. The Hall–Kier alpha value is -2.23. The average Bonchev–Trinajstić information content (AvgIpc) is 3.15. The third kappa shape index (κ3) is 3.66. The van der Waals surface area contributed by atoms with E-state index >= 15 is 0 Å². The number of aromatic nitrogens is 2. The van der Waals surface area contributed by atoms with Crippen LogP contribution in [-0.2, 0) is 0 Å². The molecule has 1 aromatic carbocycles. The number of hydrogen-bond donors (Lipinski definition) is 1. The van der Waals surface area contributed by atoms with Crippen molar-refractivity contribution in [2.45, 2.75) is 32.6 Å². The highest BCUT2D eigenvalue weighted by Crippen LogP contribution is 2.40. The van der Waals surface area contributed by atoms with Crippen LogP contribution in [-0.4, -0.2) is 60.7 Å². The molecule has 1 spiro atoms. The fourth-order valence-corrected chi connectivity index (χ4v) is 5.86. The lowest BCUT2D eigenvalue weighted by molar-refractivity contribution is 0.0638. The number of benzene rings is 1. The minimum Gasteiger partial charge on any atom is -0.369 e. The molecular weight excluding hydrogens is 372 g/mol. The predicted octanol–water partition coefficient (Wildman–Crippen LogP) is 3.04. The van der Waals surface area contributed by atoms with Crippen molar-refractivity contribution in [1.29, 1.82) is 5.26 Å². The Morgan fingerprint density at radius 2 is 1.80 bits per heavy atom. The molecule has 3 aliphatic heterocycles. The summed E-state index contributed by atoms with van der Waals surface area (Å²) in [5.74, 6) is 1.33. The van der Waals surface area contributed by atoms with Crippen molar-refractivity contribution in [2.75, 3.05) is 50.7 Å². The number of fused-ring (bicyclic) bond motifs is 1. The first-order valence-corrected chi connectivity index (χ1v) is 11.5. The Morgan fingerprint density at radius 3 is 2.53 bits per heavy atom. The minimum absolute atomic E-state index is 0.603. The van der Waals surface area contributed by atoms with Crippen LogP contribution < -0.4 is 10.2 Å². The number of nitrogens with zero attached hydrogens (tertiary/aromatic N) is 5. The lowest BCUT2D eigenvalue weighted by atomic mass is 9.71. The van der Waals surface area contributed by atoms with Crippen molar-refractivity contribution in [3.05, 3.63) is 30.1 Å². The standard InChI is InChI=1S/C24H32N6/c1-18-15-30(21-3-2-19(14-25)22-23(21)28-11-10-27-22)17-20(18)16-29-12-6-24(7-13-29)4-8-26-9-5-24/h2-3,10-11,18,20,26H,4-9,12-13,15-17H2,1H3/t18-,20-/m0/s1. The van der Waals surface area contributed by atoms with Crippen LogP contribution in [0.1, 0.15) is 38.2 Å². The van der Waals surface area contributed by atoms with Gasteiger partial charge in [-0.1, -0.05) is 6.92 Å². The third-order valence-corrected chi connectivity index (χ3v) is 7.91. The predicted molar refractivity (Wildman–Crippen MR) is 119 cm³/mol. The second-order valence-corrected chi connectivity index (χ2v) is 9.69. The number of piperidine rings is 2. The second-order valence-electron chi connectivity index (χ2n) is 9.69. The summed E-state index contributed by atoms with van der Waals surface area (Å²) in [6.07, 6.45) is 8.87. The molecule has 1 aromatic heterocycles. The molecule has 2 aromatic rings. The first kappa shape index (κ1) is 19.7. The van der Waals surface area contributed by atoms with E-state index in [2.05, 4.69) is 44.1 Å². The van der Waals surface area contributed by atoms with Gasteiger partial charge in [-0.15, -0.1) is 0 Å². The lowest BCUT2D eigenvalue weighted by Gasteiger charge is -2.45. The molecule has 30 heavy (non-hydrogen) atoms. The topological polar surface area (TPSA) is 68.1 Å². The fraction of sp³-hybridized carbons (Fsp3) is 0.625. The van der Waals surface area contributed by atoms with Gasteiger partial charge in [0.25, 0.3) is 0 Å². The molecule has 0 aliphatic carbocycles. The highest BCUT2D eigenvalue weighted by atomic mass is 15.2. The van der Waals surface area contributed by atoms with Gasteiger partial charge in [0.15, 0.2) is 0 Å². The van der Waals surface area contributed by atoms with E-state index in [1.165, 1.54) is 58.4 Å². The number of nitriles is 1. The number of nitrogens with one attached hydrogen (secondary N) is 1. The molecule has 158 valence electrons. The summed E-state index contributed by atoms with van der Waals surface area (Å²) < 4.78 is 0. The zero-order chi connectivity index (χ0) is 20.6. The van der Waals surface area contributed by atoms with Gasteiger partial charge in [0, 0.05) is 32.0 Å². The van der Waals surface area contributed by atoms with Crippen LogP contribution in [0.25, 0.3) is 11.0 Å². The van der Waals surface area contributed by atoms with Gasteiger partial charge in [-0.25, -0.2) is 0 Å². The molecule has 3 aliphatic rings. The number of rotatable bonds is 3. The van der Waals surface area contributed by atoms with E-state index in [0.29, 0.717) is 22.8 Å². The maximum Gasteiger partial charge on any atom is 0.113 e. The van der Waals surface area contributed by atoms with Crippen LogP contribution in [0, 0.1) is 28.6 Å². The third-order valence-electron chi connectivity index (χ3n) is 7.91. The molecule has 2 atom stereocenters. The average molecular weight is 405 g/mol. The summed E-state index contributed by atoms with van der Waals surface area (Å²) in [6, 6.07) is 6.21. The maximum atomic E-state index is 9.41. The van der Waals surface area contributed by atoms with Crippen LogP contribution >= 0.6 is 0 Å². The van der Waals surface area contributed by atoms with Crippen LogP contribution in [0.5, 0.6) is 0 Å². The summed E-state index contributed by atoms with van der Waals surface area (Å²) in [4.78, 5) is 14.2. The van der Waals surface area contributed by atoms with Crippen molar-refractivity contribution in [1.82, 2.24) is 20.2 Å². The SMILES string of the molecule is C[C@H]1CN(c2ccc(C#N)c3nccnc23)C[C@@H]1CN1CCC2(CCNCC2)CC1. The molecule has 1 N–H and O–H groups in total. The highest BCUT2D eigenvalue weighted by Gasteiger charge is 2.38. The smallest absolute Gasteiger partial charge is 0.113 e. The summed E-state index contributed by atoms with van der Waals surface area (Å²) in [7, 11) is 0. The van der Waals surface area contributed by atoms with E-state index in [0.717, 1.165) is 29.8 Å². The van der Waals surface area contributed by atoms with E-state index in [-0.39, 0.29) is 0 Å². The van der Waals surface area contributed by atoms with Gasteiger partial charge in [-0.05, 0) is 81.2 Å². The van der Waals surface area contributed by atoms with E-state index < -0.39 is 0 Å². The lowest BCUT2D eigenvalue weighted by Crippen LogP contribution is -2.47. The van der Waals surface area contributed by atoms with Crippen molar-refractivity contribution in [3.63, 3.8) is 0 Å². The minimum atomic E-state index is 0.603. The summed E-state index contributed by atoms with van der Waals surface area (Å²) in [5, 5.41) is 12.9. The molecular formula is C24H32N6. The molecule has 0 saturated carbocycles. The van der Waals surface area contributed by atoms with E-state index in [4.69, 9.17) is 0 Å². The second kappa shape index (κ2) is 8.13. The van der Waals surface area contributed by atoms with E-state index in [9.17, 15) is 5.26 Å². The van der Waals surface area contributed by atoms with Crippen molar-refractivity contribution in [2.24, 2.45) is 17.3 Å². The van der Waals surface area contributed by atoms with Crippen LogP contribution in [0.3, 0.4) is 0 Å². The maximum absolute atomic E-state index is 9.41. The molecule has 3 saturated heterocycles. The first-order chi connectivity index (χ1) is 14.7. The van der Waals surface area contributed by atoms with Gasteiger partial charge in [-0.3, -0.25) is 9.97 Å². The molecule has 6 nitrogen and oxygen atoms in total. The monoisotopic (exact) mass is 404 g/mol. The number of anilines is 1. The van der Waals surface area contributed by atoms with E-state index in [1.807, 2.05) is 6.07 Å². The van der Waals surface area contributed by atoms with Gasteiger partial charge in [0.1, 0.15) is 17.1 Å². The molecule has 0 bridgehead atoms.